The van der Waals surface area contributed by atoms with Crippen LogP contribution in [0.25, 0.3) is 11.1 Å². The summed E-state index contributed by atoms with van der Waals surface area (Å²) in [5, 5.41) is 18.0. The van der Waals surface area contributed by atoms with Gasteiger partial charge in [-0.2, -0.15) is 0 Å². The van der Waals surface area contributed by atoms with Crippen molar-refractivity contribution in [2.45, 2.75) is 6.92 Å². The molecule has 0 spiro atoms. The van der Waals surface area contributed by atoms with Gasteiger partial charge in [-0.15, -0.1) is 0 Å². The number of aryl methyl sites for hydroxylation is 1. The van der Waals surface area contributed by atoms with Crippen molar-refractivity contribution >= 4 is 12.6 Å². The molecule has 0 aromatic heterocycles. The Balaban J connectivity index is 2.35. The molecule has 0 atom stereocenters. The molecule has 0 heterocycles. The van der Waals surface area contributed by atoms with Crippen molar-refractivity contribution in [2.75, 3.05) is 0 Å². The van der Waals surface area contributed by atoms with Crippen molar-refractivity contribution in [3.63, 3.8) is 0 Å². The second-order valence-corrected chi connectivity index (χ2v) is 3.87. The Hall–Kier alpha value is -1.58. The zero-order chi connectivity index (χ0) is 11.5. The average molecular weight is 212 g/mol. The lowest BCUT2D eigenvalue weighted by molar-refractivity contribution is 0.426. The highest BCUT2D eigenvalue weighted by atomic mass is 16.4. The zero-order valence-corrected chi connectivity index (χ0v) is 9.09. The molecule has 16 heavy (non-hydrogen) atoms. The molecule has 2 rings (SSSR count). The minimum Gasteiger partial charge on any atom is -0.423 e. The lowest BCUT2D eigenvalue weighted by Gasteiger charge is -2.04. The first-order valence-electron chi connectivity index (χ1n) is 5.20. The van der Waals surface area contributed by atoms with Crippen LogP contribution in [0.1, 0.15) is 5.56 Å². The lowest BCUT2D eigenvalue weighted by atomic mass is 9.80. The molecule has 0 saturated carbocycles. The van der Waals surface area contributed by atoms with Crippen LogP contribution in [0.3, 0.4) is 0 Å². The van der Waals surface area contributed by atoms with E-state index in [0.717, 1.165) is 11.1 Å². The Bertz CT molecular complexity index is 478. The van der Waals surface area contributed by atoms with Crippen molar-refractivity contribution in [1.82, 2.24) is 0 Å². The summed E-state index contributed by atoms with van der Waals surface area (Å²) in [5.41, 5.74) is 3.94. The van der Waals surface area contributed by atoms with Crippen LogP contribution in [0.15, 0.2) is 48.5 Å². The maximum absolute atomic E-state index is 8.98. The molecule has 0 aliphatic rings. The van der Waals surface area contributed by atoms with E-state index in [-0.39, 0.29) is 0 Å². The predicted octanol–water partition coefficient (Wildman–Crippen LogP) is 1.34. The molecule has 2 nitrogen and oxygen atoms in total. The van der Waals surface area contributed by atoms with Gasteiger partial charge in [-0.1, -0.05) is 54.1 Å². The zero-order valence-electron chi connectivity index (χ0n) is 9.09. The quantitative estimate of drug-likeness (QED) is 0.737. The van der Waals surface area contributed by atoms with E-state index in [9.17, 15) is 0 Å². The second kappa shape index (κ2) is 4.52. The van der Waals surface area contributed by atoms with E-state index in [1.165, 1.54) is 5.56 Å². The van der Waals surface area contributed by atoms with E-state index in [0.29, 0.717) is 5.46 Å². The van der Waals surface area contributed by atoms with Crippen molar-refractivity contribution in [2.24, 2.45) is 0 Å². The number of benzene rings is 2. The van der Waals surface area contributed by atoms with Gasteiger partial charge in [0.2, 0.25) is 0 Å². The van der Waals surface area contributed by atoms with Crippen LogP contribution < -0.4 is 5.46 Å². The number of rotatable bonds is 2. The van der Waals surface area contributed by atoms with E-state index in [1.807, 2.05) is 24.3 Å². The van der Waals surface area contributed by atoms with E-state index in [1.54, 1.807) is 12.1 Å². The van der Waals surface area contributed by atoms with Gasteiger partial charge >= 0.3 is 7.12 Å². The van der Waals surface area contributed by atoms with E-state index < -0.39 is 7.12 Å². The van der Waals surface area contributed by atoms with Gasteiger partial charge < -0.3 is 10.0 Å². The first-order valence-corrected chi connectivity index (χ1v) is 5.20. The molecule has 0 fully saturated rings. The van der Waals surface area contributed by atoms with Gasteiger partial charge in [-0.3, -0.25) is 0 Å². The summed E-state index contributed by atoms with van der Waals surface area (Å²) in [7, 11) is -1.40. The number of hydrogen-bond donors (Lipinski definition) is 2. The number of hydrogen-bond acceptors (Lipinski definition) is 2. The second-order valence-electron chi connectivity index (χ2n) is 3.87. The fourth-order valence-corrected chi connectivity index (χ4v) is 1.67. The van der Waals surface area contributed by atoms with Crippen molar-refractivity contribution in [3.05, 3.63) is 54.1 Å². The van der Waals surface area contributed by atoms with E-state index in [4.69, 9.17) is 10.0 Å². The van der Waals surface area contributed by atoms with Gasteiger partial charge in [0.1, 0.15) is 0 Å². The van der Waals surface area contributed by atoms with Crippen molar-refractivity contribution < 1.29 is 10.0 Å². The lowest BCUT2D eigenvalue weighted by Crippen LogP contribution is -2.29. The molecule has 0 aliphatic carbocycles. The summed E-state index contributed by atoms with van der Waals surface area (Å²) in [6.07, 6.45) is 0. The van der Waals surface area contributed by atoms with E-state index >= 15 is 0 Å². The molecule has 2 aromatic rings. The van der Waals surface area contributed by atoms with Gasteiger partial charge in [-0.25, -0.2) is 0 Å². The summed E-state index contributed by atoms with van der Waals surface area (Å²) in [6, 6.07) is 15.4. The highest BCUT2D eigenvalue weighted by Crippen LogP contribution is 2.19. The predicted molar refractivity (Wildman–Crippen MR) is 66.4 cm³/mol. The molecule has 0 aliphatic heterocycles. The summed E-state index contributed by atoms with van der Waals surface area (Å²) in [6.45, 7) is 2.05. The molecule has 80 valence electrons. The highest BCUT2D eigenvalue weighted by Gasteiger charge is 2.09. The normalized spacial score (nSPS) is 10.2. The minimum atomic E-state index is -1.40. The first-order chi connectivity index (χ1) is 7.66. The van der Waals surface area contributed by atoms with Crippen LogP contribution in [-0.2, 0) is 0 Å². The average Bonchev–Trinajstić information content (AvgIpc) is 2.29. The van der Waals surface area contributed by atoms with Crippen molar-refractivity contribution in [3.8, 4) is 11.1 Å². The van der Waals surface area contributed by atoms with Gasteiger partial charge in [-0.05, 0) is 23.5 Å². The van der Waals surface area contributed by atoms with Crippen LogP contribution in [0.5, 0.6) is 0 Å². The topological polar surface area (TPSA) is 40.5 Å². The van der Waals surface area contributed by atoms with Crippen LogP contribution in [0, 0.1) is 6.92 Å². The monoisotopic (exact) mass is 212 g/mol. The fraction of sp³-hybridized carbons (Fsp3) is 0.0769. The van der Waals surface area contributed by atoms with Crippen LogP contribution in [0.2, 0.25) is 0 Å². The van der Waals surface area contributed by atoms with Crippen molar-refractivity contribution in [1.29, 1.82) is 0 Å². The first kappa shape index (κ1) is 10.9. The largest absolute Gasteiger partial charge is 0.488 e. The Kier molecular flexibility index (Phi) is 3.08. The maximum Gasteiger partial charge on any atom is 0.488 e. The van der Waals surface area contributed by atoms with Gasteiger partial charge in [0.05, 0.1) is 0 Å². The molecule has 0 amide bonds. The summed E-state index contributed by atoms with van der Waals surface area (Å²) >= 11 is 0. The Labute approximate surface area is 95.3 Å². The standard InChI is InChI=1S/C13H13BO2/c1-10-3-2-4-12(9-10)11-5-7-13(8-6-11)14(15)16/h2-9,15-16H,1H3. The molecule has 2 aromatic carbocycles. The molecule has 0 radical (unpaired) electrons. The highest BCUT2D eigenvalue weighted by molar-refractivity contribution is 6.58. The minimum absolute atomic E-state index is 0.511. The fourth-order valence-electron chi connectivity index (χ4n) is 1.67. The maximum atomic E-state index is 8.98. The Morgan fingerprint density at radius 2 is 1.56 bits per heavy atom. The van der Waals surface area contributed by atoms with Crippen LogP contribution in [0.4, 0.5) is 0 Å². The third-order valence-corrected chi connectivity index (χ3v) is 2.56. The third-order valence-electron chi connectivity index (χ3n) is 2.56. The molecule has 3 heteroatoms. The summed E-state index contributed by atoms with van der Waals surface area (Å²) in [5.74, 6) is 0. The molecular formula is C13H13BO2. The molecule has 0 unspecified atom stereocenters. The summed E-state index contributed by atoms with van der Waals surface area (Å²) in [4.78, 5) is 0. The molecule has 0 bridgehead atoms. The molecule has 2 N–H and O–H groups in total. The molecular weight excluding hydrogens is 199 g/mol. The van der Waals surface area contributed by atoms with Gasteiger partial charge in [0.15, 0.2) is 0 Å². The Morgan fingerprint density at radius 1 is 0.875 bits per heavy atom. The van der Waals surface area contributed by atoms with E-state index in [2.05, 4.69) is 19.1 Å². The van der Waals surface area contributed by atoms with Gasteiger partial charge in [0.25, 0.3) is 0 Å². The van der Waals surface area contributed by atoms with Crippen LogP contribution in [-0.4, -0.2) is 17.2 Å². The summed E-state index contributed by atoms with van der Waals surface area (Å²) < 4.78 is 0. The van der Waals surface area contributed by atoms with Crippen LogP contribution >= 0.6 is 0 Å². The molecule has 0 saturated heterocycles. The smallest absolute Gasteiger partial charge is 0.423 e. The third kappa shape index (κ3) is 2.32. The Morgan fingerprint density at radius 3 is 2.12 bits per heavy atom. The SMILES string of the molecule is Cc1cccc(-c2ccc(B(O)O)cc2)c1. The van der Waals surface area contributed by atoms with Gasteiger partial charge in [0, 0.05) is 0 Å².